The number of nitrogens with one attached hydrogen (secondary N) is 2. The van der Waals surface area contributed by atoms with Crippen molar-refractivity contribution in [2.45, 2.75) is 44.7 Å². The van der Waals surface area contributed by atoms with Gasteiger partial charge in [-0.15, -0.1) is 0 Å². The molecule has 0 spiro atoms. The highest BCUT2D eigenvalue weighted by molar-refractivity contribution is 5.79. The maximum atomic E-state index is 5.56. The first kappa shape index (κ1) is 14.6. The van der Waals surface area contributed by atoms with Gasteiger partial charge in [-0.1, -0.05) is 12.8 Å². The Kier molecular flexibility index (Phi) is 5.88. The summed E-state index contributed by atoms with van der Waals surface area (Å²) in [6, 6.07) is 0.767. The van der Waals surface area contributed by atoms with Gasteiger partial charge in [0, 0.05) is 25.7 Å². The number of hydrazine groups is 1. The SMILES string of the molecule is CC(CN1CCOCC1)NC(=NC1CCCC1)NN. The van der Waals surface area contributed by atoms with Gasteiger partial charge >= 0.3 is 0 Å². The van der Waals surface area contributed by atoms with Gasteiger partial charge in [0.05, 0.1) is 19.3 Å². The summed E-state index contributed by atoms with van der Waals surface area (Å²) in [4.78, 5) is 7.06. The molecular weight excluding hydrogens is 242 g/mol. The van der Waals surface area contributed by atoms with Crippen molar-refractivity contribution >= 4 is 5.96 Å². The van der Waals surface area contributed by atoms with Gasteiger partial charge in [0.2, 0.25) is 5.96 Å². The minimum absolute atomic E-state index is 0.328. The van der Waals surface area contributed by atoms with E-state index in [1.165, 1.54) is 25.7 Å². The third-order valence-corrected chi connectivity index (χ3v) is 3.79. The lowest BCUT2D eigenvalue weighted by Crippen LogP contribution is -2.51. The quantitative estimate of drug-likeness (QED) is 0.291. The van der Waals surface area contributed by atoms with Crippen LogP contribution >= 0.6 is 0 Å². The van der Waals surface area contributed by atoms with Crippen LogP contribution in [0.4, 0.5) is 0 Å². The van der Waals surface area contributed by atoms with Gasteiger partial charge in [-0.2, -0.15) is 0 Å². The van der Waals surface area contributed by atoms with Gasteiger partial charge in [0.25, 0.3) is 0 Å². The normalized spacial score (nSPS) is 24.4. The summed E-state index contributed by atoms with van der Waals surface area (Å²) in [7, 11) is 0. The molecule has 1 aliphatic carbocycles. The van der Waals surface area contributed by atoms with E-state index in [4.69, 9.17) is 10.6 Å². The number of morpholine rings is 1. The smallest absolute Gasteiger partial charge is 0.206 e. The molecule has 0 aromatic carbocycles. The van der Waals surface area contributed by atoms with Crippen molar-refractivity contribution in [2.24, 2.45) is 10.8 Å². The Labute approximate surface area is 115 Å². The maximum Gasteiger partial charge on any atom is 0.206 e. The van der Waals surface area contributed by atoms with E-state index >= 15 is 0 Å². The van der Waals surface area contributed by atoms with Gasteiger partial charge in [0.15, 0.2) is 0 Å². The van der Waals surface area contributed by atoms with Crippen molar-refractivity contribution in [2.75, 3.05) is 32.8 Å². The van der Waals surface area contributed by atoms with E-state index in [1.807, 2.05) is 0 Å². The van der Waals surface area contributed by atoms with Crippen LogP contribution in [0.15, 0.2) is 4.99 Å². The van der Waals surface area contributed by atoms with E-state index in [1.54, 1.807) is 0 Å². The fourth-order valence-corrected chi connectivity index (χ4v) is 2.78. The molecule has 0 aromatic heterocycles. The minimum atomic E-state index is 0.328. The molecule has 0 bridgehead atoms. The molecule has 6 nitrogen and oxygen atoms in total. The molecule has 4 N–H and O–H groups in total. The third kappa shape index (κ3) is 4.97. The molecule has 0 radical (unpaired) electrons. The molecule has 2 rings (SSSR count). The number of rotatable bonds is 4. The molecule has 19 heavy (non-hydrogen) atoms. The monoisotopic (exact) mass is 269 g/mol. The van der Waals surface area contributed by atoms with Gasteiger partial charge in [-0.3, -0.25) is 10.3 Å². The molecule has 1 saturated heterocycles. The van der Waals surface area contributed by atoms with Crippen molar-refractivity contribution in [1.82, 2.24) is 15.6 Å². The number of nitrogens with zero attached hydrogens (tertiary/aromatic N) is 2. The number of aliphatic imine (C=N–C) groups is 1. The van der Waals surface area contributed by atoms with Crippen LogP contribution in [-0.4, -0.2) is 55.8 Å². The van der Waals surface area contributed by atoms with Crippen molar-refractivity contribution in [3.05, 3.63) is 0 Å². The molecule has 6 heteroatoms. The summed E-state index contributed by atoms with van der Waals surface area (Å²) < 4.78 is 5.35. The first-order valence-corrected chi connectivity index (χ1v) is 7.39. The molecular formula is C13H27N5O. The average Bonchev–Trinajstić information content (AvgIpc) is 2.92. The van der Waals surface area contributed by atoms with Crippen molar-refractivity contribution < 1.29 is 4.74 Å². The van der Waals surface area contributed by atoms with Crippen LogP contribution in [0.2, 0.25) is 0 Å². The van der Waals surface area contributed by atoms with Gasteiger partial charge in [0.1, 0.15) is 0 Å². The average molecular weight is 269 g/mol. The Bertz CT molecular complexity index is 285. The molecule has 1 saturated carbocycles. The molecule has 1 heterocycles. The summed E-state index contributed by atoms with van der Waals surface area (Å²) in [6.45, 7) is 6.86. The Balaban J connectivity index is 1.76. The lowest BCUT2D eigenvalue weighted by Gasteiger charge is -2.29. The second-order valence-electron chi connectivity index (χ2n) is 5.52. The number of hydrogen-bond donors (Lipinski definition) is 3. The van der Waals surface area contributed by atoms with Crippen LogP contribution in [0.25, 0.3) is 0 Å². The highest BCUT2D eigenvalue weighted by Gasteiger charge is 2.17. The fraction of sp³-hybridized carbons (Fsp3) is 0.923. The van der Waals surface area contributed by atoms with E-state index < -0.39 is 0 Å². The molecule has 0 amide bonds. The molecule has 1 aliphatic heterocycles. The molecule has 2 fully saturated rings. The van der Waals surface area contributed by atoms with Crippen LogP contribution < -0.4 is 16.6 Å². The lowest BCUT2D eigenvalue weighted by atomic mass is 10.2. The van der Waals surface area contributed by atoms with E-state index in [9.17, 15) is 0 Å². The number of ether oxygens (including phenoxy) is 1. The summed E-state index contributed by atoms with van der Waals surface area (Å²) in [5.74, 6) is 6.28. The summed E-state index contributed by atoms with van der Waals surface area (Å²) in [5.41, 5.74) is 2.69. The summed E-state index contributed by atoms with van der Waals surface area (Å²) in [6.07, 6.45) is 4.94. The zero-order chi connectivity index (χ0) is 13.5. The van der Waals surface area contributed by atoms with E-state index in [0.29, 0.717) is 12.1 Å². The maximum absolute atomic E-state index is 5.56. The largest absolute Gasteiger partial charge is 0.379 e. The zero-order valence-electron chi connectivity index (χ0n) is 11.9. The number of hydrogen-bond acceptors (Lipinski definition) is 4. The van der Waals surface area contributed by atoms with E-state index in [2.05, 4.69) is 27.6 Å². The van der Waals surface area contributed by atoms with Crippen LogP contribution in [0.3, 0.4) is 0 Å². The molecule has 1 atom stereocenters. The van der Waals surface area contributed by atoms with Crippen molar-refractivity contribution in [3.63, 3.8) is 0 Å². The number of nitrogens with two attached hydrogens (primary N) is 1. The fourth-order valence-electron chi connectivity index (χ4n) is 2.78. The second kappa shape index (κ2) is 7.67. The Morgan fingerprint density at radius 3 is 2.68 bits per heavy atom. The zero-order valence-corrected chi connectivity index (χ0v) is 11.9. The second-order valence-corrected chi connectivity index (χ2v) is 5.52. The van der Waals surface area contributed by atoms with Crippen LogP contribution in [-0.2, 0) is 4.74 Å². The first-order valence-electron chi connectivity index (χ1n) is 7.39. The standard InChI is InChI=1S/C13H27N5O/c1-11(10-18-6-8-19-9-7-18)15-13(17-14)16-12-4-2-3-5-12/h11-12H,2-10,14H2,1H3,(H2,15,16,17). The van der Waals surface area contributed by atoms with Crippen LogP contribution in [0.5, 0.6) is 0 Å². The predicted molar refractivity (Wildman–Crippen MR) is 76.9 cm³/mol. The Hall–Kier alpha value is -0.850. The topological polar surface area (TPSA) is 74.9 Å². The summed E-state index contributed by atoms with van der Waals surface area (Å²) >= 11 is 0. The van der Waals surface area contributed by atoms with Gasteiger partial charge in [-0.05, 0) is 19.8 Å². The lowest BCUT2D eigenvalue weighted by molar-refractivity contribution is 0.0352. The van der Waals surface area contributed by atoms with Crippen LogP contribution in [0, 0.1) is 0 Å². The van der Waals surface area contributed by atoms with Gasteiger partial charge in [-0.25, -0.2) is 10.8 Å². The van der Waals surface area contributed by atoms with Crippen molar-refractivity contribution in [1.29, 1.82) is 0 Å². The highest BCUT2D eigenvalue weighted by atomic mass is 16.5. The number of guanidine groups is 1. The summed E-state index contributed by atoms with van der Waals surface area (Å²) in [5, 5.41) is 3.37. The molecule has 0 aromatic rings. The van der Waals surface area contributed by atoms with E-state index in [0.717, 1.165) is 38.8 Å². The molecule has 2 aliphatic rings. The van der Waals surface area contributed by atoms with Gasteiger partial charge < -0.3 is 10.1 Å². The van der Waals surface area contributed by atoms with Crippen molar-refractivity contribution in [3.8, 4) is 0 Å². The predicted octanol–water partition coefficient (Wildman–Crippen LogP) is 0.0586. The Morgan fingerprint density at radius 1 is 1.37 bits per heavy atom. The Morgan fingerprint density at radius 2 is 2.05 bits per heavy atom. The molecule has 110 valence electrons. The van der Waals surface area contributed by atoms with Crippen LogP contribution in [0.1, 0.15) is 32.6 Å². The molecule has 1 unspecified atom stereocenters. The minimum Gasteiger partial charge on any atom is -0.379 e. The highest BCUT2D eigenvalue weighted by Crippen LogP contribution is 2.20. The van der Waals surface area contributed by atoms with E-state index in [-0.39, 0.29) is 0 Å². The first-order chi connectivity index (χ1) is 9.28. The third-order valence-electron chi connectivity index (χ3n) is 3.79.